The molecule has 2 aromatic rings. The molecule has 1 N–H and O–H groups in total. The third-order valence-corrected chi connectivity index (χ3v) is 5.13. The summed E-state index contributed by atoms with van der Waals surface area (Å²) in [5, 5.41) is 3.42. The maximum atomic E-state index is 12.5. The molecule has 5 nitrogen and oxygen atoms in total. The summed E-state index contributed by atoms with van der Waals surface area (Å²) in [7, 11) is 0. The lowest BCUT2D eigenvalue weighted by molar-refractivity contribution is 0.102. The molecule has 0 radical (unpaired) electrons. The van der Waals surface area contributed by atoms with Crippen LogP contribution in [-0.2, 0) is 0 Å². The summed E-state index contributed by atoms with van der Waals surface area (Å²) in [6, 6.07) is 7.58. The summed E-state index contributed by atoms with van der Waals surface area (Å²) < 4.78 is 0. The van der Waals surface area contributed by atoms with Gasteiger partial charge in [0.1, 0.15) is 5.69 Å². The smallest absolute Gasteiger partial charge is 0.274 e. The van der Waals surface area contributed by atoms with Crippen molar-refractivity contribution in [1.82, 2.24) is 9.88 Å². The van der Waals surface area contributed by atoms with E-state index in [2.05, 4.69) is 27.0 Å². The Bertz CT molecular complexity index is 760. The average Bonchev–Trinajstić information content (AvgIpc) is 2.64. The van der Waals surface area contributed by atoms with Gasteiger partial charge in [0, 0.05) is 26.2 Å². The van der Waals surface area contributed by atoms with E-state index in [1.807, 2.05) is 32.0 Å². The average molecular weight is 373 g/mol. The molecule has 1 aliphatic heterocycles. The fourth-order valence-electron chi connectivity index (χ4n) is 3.28. The van der Waals surface area contributed by atoms with Crippen LogP contribution in [0, 0.1) is 13.8 Å². The second-order valence-electron chi connectivity index (χ2n) is 6.72. The van der Waals surface area contributed by atoms with Gasteiger partial charge in [-0.1, -0.05) is 24.6 Å². The first-order valence-electron chi connectivity index (χ1n) is 8.99. The number of likely N-dealkylation sites (N-methyl/N-ethyl adjacent to an activating group) is 1. The monoisotopic (exact) mass is 372 g/mol. The zero-order valence-corrected chi connectivity index (χ0v) is 16.3. The van der Waals surface area contributed by atoms with Crippen molar-refractivity contribution in [3.63, 3.8) is 0 Å². The normalized spacial score (nSPS) is 15.2. The van der Waals surface area contributed by atoms with E-state index in [0.717, 1.165) is 49.5 Å². The number of carbonyl (C=O) groups excluding carboxylic acids is 1. The molecule has 26 heavy (non-hydrogen) atoms. The van der Waals surface area contributed by atoms with E-state index in [9.17, 15) is 4.79 Å². The highest BCUT2D eigenvalue weighted by Crippen LogP contribution is 2.27. The molecule has 1 fully saturated rings. The molecule has 0 spiro atoms. The molecule has 1 amide bonds. The van der Waals surface area contributed by atoms with E-state index < -0.39 is 0 Å². The molecule has 0 atom stereocenters. The number of carbonyl (C=O) groups is 1. The van der Waals surface area contributed by atoms with Gasteiger partial charge in [-0.2, -0.15) is 0 Å². The Hall–Kier alpha value is -2.11. The predicted molar refractivity (Wildman–Crippen MR) is 107 cm³/mol. The third kappa shape index (κ3) is 4.17. The van der Waals surface area contributed by atoms with E-state index >= 15 is 0 Å². The highest BCUT2D eigenvalue weighted by Gasteiger charge is 2.17. The zero-order chi connectivity index (χ0) is 18.7. The van der Waals surface area contributed by atoms with E-state index in [0.29, 0.717) is 16.4 Å². The van der Waals surface area contributed by atoms with Gasteiger partial charge in [-0.05, 0) is 49.7 Å². The number of nitrogens with one attached hydrogen (secondary N) is 1. The van der Waals surface area contributed by atoms with Crippen LogP contribution in [-0.4, -0.2) is 48.5 Å². The first-order chi connectivity index (χ1) is 12.5. The number of rotatable bonds is 4. The standard InChI is InChI=1S/C20H25ClN4O/c1-4-24-7-9-25(10-8-24)16-5-6-18(22-13-16)20(26)23-19-15(3)11-14(2)12-17(19)21/h5-6,11-13H,4,7-10H2,1-3H3,(H,23,26). The predicted octanol–water partition coefficient (Wildman–Crippen LogP) is 3.75. The Morgan fingerprint density at radius 1 is 1.19 bits per heavy atom. The SMILES string of the molecule is CCN1CCN(c2ccc(C(=O)Nc3c(C)cc(C)cc3Cl)nc2)CC1. The molecule has 0 saturated carbocycles. The van der Waals surface area contributed by atoms with Crippen LogP contribution < -0.4 is 10.2 Å². The lowest BCUT2D eigenvalue weighted by Crippen LogP contribution is -2.46. The van der Waals surface area contributed by atoms with Crippen LogP contribution in [0.4, 0.5) is 11.4 Å². The second kappa shape index (κ2) is 8.06. The third-order valence-electron chi connectivity index (χ3n) is 4.84. The van der Waals surface area contributed by atoms with Crippen LogP contribution in [0.1, 0.15) is 28.5 Å². The molecule has 2 heterocycles. The number of aryl methyl sites for hydroxylation is 2. The topological polar surface area (TPSA) is 48.5 Å². The number of benzene rings is 1. The van der Waals surface area contributed by atoms with Crippen LogP contribution in [0.25, 0.3) is 0 Å². The van der Waals surface area contributed by atoms with Crippen LogP contribution in [0.2, 0.25) is 5.02 Å². The molecule has 3 rings (SSSR count). The molecular formula is C20H25ClN4O. The van der Waals surface area contributed by atoms with Gasteiger partial charge < -0.3 is 15.1 Å². The summed E-state index contributed by atoms with van der Waals surface area (Å²) in [5.74, 6) is -0.249. The van der Waals surface area contributed by atoms with Gasteiger partial charge >= 0.3 is 0 Å². The molecule has 0 bridgehead atoms. The first kappa shape index (κ1) is 18.7. The summed E-state index contributed by atoms with van der Waals surface area (Å²) in [6.45, 7) is 11.3. The van der Waals surface area contributed by atoms with Crippen molar-refractivity contribution in [2.24, 2.45) is 0 Å². The molecular weight excluding hydrogens is 348 g/mol. The highest BCUT2D eigenvalue weighted by molar-refractivity contribution is 6.34. The van der Waals surface area contributed by atoms with E-state index in [4.69, 9.17) is 11.6 Å². The maximum Gasteiger partial charge on any atom is 0.274 e. The van der Waals surface area contributed by atoms with Crippen molar-refractivity contribution in [3.8, 4) is 0 Å². The maximum absolute atomic E-state index is 12.5. The molecule has 1 aromatic carbocycles. The Labute approximate surface area is 160 Å². The van der Waals surface area contributed by atoms with Gasteiger partial charge in [-0.15, -0.1) is 0 Å². The van der Waals surface area contributed by atoms with Gasteiger partial charge in [0.05, 0.1) is 22.6 Å². The Morgan fingerprint density at radius 3 is 2.50 bits per heavy atom. The van der Waals surface area contributed by atoms with Crippen molar-refractivity contribution in [2.45, 2.75) is 20.8 Å². The summed E-state index contributed by atoms with van der Waals surface area (Å²) >= 11 is 6.27. The van der Waals surface area contributed by atoms with Crippen molar-refractivity contribution in [1.29, 1.82) is 0 Å². The van der Waals surface area contributed by atoms with Crippen LogP contribution >= 0.6 is 11.6 Å². The molecule has 0 aliphatic carbocycles. The minimum absolute atomic E-state index is 0.249. The Morgan fingerprint density at radius 2 is 1.92 bits per heavy atom. The number of pyridine rings is 1. The number of aromatic nitrogens is 1. The van der Waals surface area contributed by atoms with Gasteiger partial charge in [0.25, 0.3) is 5.91 Å². The fraction of sp³-hybridized carbons (Fsp3) is 0.400. The minimum Gasteiger partial charge on any atom is -0.368 e. The largest absolute Gasteiger partial charge is 0.368 e. The number of anilines is 2. The molecule has 1 aromatic heterocycles. The molecule has 1 aliphatic rings. The molecule has 1 saturated heterocycles. The lowest BCUT2D eigenvalue weighted by Gasteiger charge is -2.35. The van der Waals surface area contributed by atoms with E-state index in [-0.39, 0.29) is 5.91 Å². The van der Waals surface area contributed by atoms with Gasteiger partial charge in [-0.25, -0.2) is 4.98 Å². The number of hydrogen-bond acceptors (Lipinski definition) is 4. The van der Waals surface area contributed by atoms with Crippen LogP contribution in [0.5, 0.6) is 0 Å². The Balaban J connectivity index is 1.68. The number of piperazine rings is 1. The zero-order valence-electron chi connectivity index (χ0n) is 15.6. The van der Waals surface area contributed by atoms with E-state index in [1.54, 1.807) is 12.3 Å². The summed E-state index contributed by atoms with van der Waals surface area (Å²) in [5.41, 5.74) is 4.09. The summed E-state index contributed by atoms with van der Waals surface area (Å²) in [6.07, 6.45) is 1.78. The van der Waals surface area contributed by atoms with E-state index in [1.165, 1.54) is 0 Å². The van der Waals surface area contributed by atoms with Crippen LogP contribution in [0.15, 0.2) is 30.5 Å². The molecule has 0 unspecified atom stereocenters. The number of halogens is 1. The number of amides is 1. The lowest BCUT2D eigenvalue weighted by atomic mass is 10.1. The van der Waals surface area contributed by atoms with Crippen LogP contribution in [0.3, 0.4) is 0 Å². The second-order valence-corrected chi connectivity index (χ2v) is 7.12. The molecule has 138 valence electrons. The molecule has 6 heteroatoms. The van der Waals surface area contributed by atoms with Crippen molar-refractivity contribution >= 4 is 28.9 Å². The minimum atomic E-state index is -0.249. The van der Waals surface area contributed by atoms with Gasteiger partial charge in [0.15, 0.2) is 0 Å². The highest BCUT2D eigenvalue weighted by atomic mass is 35.5. The fourth-order valence-corrected chi connectivity index (χ4v) is 3.65. The quantitative estimate of drug-likeness (QED) is 0.888. The van der Waals surface area contributed by atoms with Gasteiger partial charge in [-0.3, -0.25) is 4.79 Å². The van der Waals surface area contributed by atoms with Gasteiger partial charge in [0.2, 0.25) is 0 Å². The summed E-state index contributed by atoms with van der Waals surface area (Å²) in [4.78, 5) is 21.6. The number of nitrogens with zero attached hydrogens (tertiary/aromatic N) is 3. The van der Waals surface area contributed by atoms with Crippen molar-refractivity contribution in [3.05, 3.63) is 52.3 Å². The first-order valence-corrected chi connectivity index (χ1v) is 9.37. The number of hydrogen-bond donors (Lipinski definition) is 1. The Kier molecular flexibility index (Phi) is 5.79. The van der Waals surface area contributed by atoms with Crippen molar-refractivity contribution in [2.75, 3.05) is 42.9 Å². The van der Waals surface area contributed by atoms with Crippen molar-refractivity contribution < 1.29 is 4.79 Å².